The van der Waals surface area contributed by atoms with Gasteiger partial charge in [-0.15, -0.1) is 0 Å². The van der Waals surface area contributed by atoms with Crippen molar-refractivity contribution in [2.24, 2.45) is 5.92 Å². The van der Waals surface area contributed by atoms with Gasteiger partial charge in [0, 0.05) is 18.6 Å². The van der Waals surface area contributed by atoms with Crippen LogP contribution in [-0.2, 0) is 0 Å². The molecule has 2 fully saturated rings. The number of halogens is 3. The van der Waals surface area contributed by atoms with Crippen molar-refractivity contribution in [3.8, 4) is 0 Å². The molecule has 100 valence electrons. The normalized spacial score (nSPS) is 36.4. The first-order valence-corrected chi connectivity index (χ1v) is 6.46. The Morgan fingerprint density at radius 1 is 1.12 bits per heavy atom. The first-order chi connectivity index (χ1) is 7.95. The molecular formula is C12H21F3N2. The first-order valence-electron chi connectivity index (χ1n) is 6.46. The minimum absolute atomic E-state index is 0.0619. The number of hydrogen-bond acceptors (Lipinski definition) is 2. The summed E-state index contributed by atoms with van der Waals surface area (Å²) in [5.41, 5.74) is 0. The van der Waals surface area contributed by atoms with Gasteiger partial charge < -0.3 is 10.2 Å². The number of likely N-dealkylation sites (tertiary alicyclic amines) is 1. The van der Waals surface area contributed by atoms with Crippen LogP contribution in [0.2, 0.25) is 0 Å². The average molecular weight is 250 g/mol. The average Bonchev–Trinajstić information content (AvgIpc) is 2.63. The van der Waals surface area contributed by atoms with Crippen LogP contribution in [0, 0.1) is 5.92 Å². The lowest BCUT2D eigenvalue weighted by molar-refractivity contribution is -0.183. The van der Waals surface area contributed by atoms with E-state index >= 15 is 0 Å². The smallest absolute Gasteiger partial charge is 0.310 e. The van der Waals surface area contributed by atoms with Crippen molar-refractivity contribution in [2.45, 2.75) is 50.4 Å². The van der Waals surface area contributed by atoms with E-state index < -0.39 is 12.1 Å². The summed E-state index contributed by atoms with van der Waals surface area (Å²) >= 11 is 0. The van der Waals surface area contributed by atoms with Crippen molar-refractivity contribution < 1.29 is 13.2 Å². The van der Waals surface area contributed by atoms with E-state index in [1.54, 1.807) is 0 Å². The van der Waals surface area contributed by atoms with Crippen molar-refractivity contribution in [3.05, 3.63) is 0 Å². The maximum absolute atomic E-state index is 12.7. The Hall–Kier alpha value is -0.290. The molecule has 0 aromatic heterocycles. The van der Waals surface area contributed by atoms with Gasteiger partial charge in [-0.05, 0) is 39.3 Å². The lowest BCUT2D eigenvalue weighted by atomic mass is 9.85. The Balaban J connectivity index is 1.81. The van der Waals surface area contributed by atoms with Gasteiger partial charge in [0.25, 0.3) is 0 Å². The third-order valence-corrected chi connectivity index (χ3v) is 4.00. The Kier molecular flexibility index (Phi) is 3.98. The van der Waals surface area contributed by atoms with Crippen molar-refractivity contribution in [1.82, 2.24) is 10.2 Å². The molecule has 2 nitrogen and oxygen atoms in total. The van der Waals surface area contributed by atoms with E-state index in [2.05, 4.69) is 17.3 Å². The molecule has 3 unspecified atom stereocenters. The van der Waals surface area contributed by atoms with E-state index in [1.165, 1.54) is 0 Å². The molecule has 1 N–H and O–H groups in total. The summed E-state index contributed by atoms with van der Waals surface area (Å²) in [6, 6.07) is 0.448. The molecular weight excluding hydrogens is 229 g/mol. The highest BCUT2D eigenvalue weighted by Gasteiger charge is 2.42. The highest BCUT2D eigenvalue weighted by molar-refractivity contribution is 4.87. The second kappa shape index (κ2) is 5.14. The van der Waals surface area contributed by atoms with Gasteiger partial charge >= 0.3 is 6.18 Å². The second-order valence-electron chi connectivity index (χ2n) is 5.52. The fraction of sp³-hybridized carbons (Fsp3) is 1.00. The molecule has 0 amide bonds. The molecule has 1 aliphatic carbocycles. The number of rotatable bonds is 2. The van der Waals surface area contributed by atoms with Gasteiger partial charge in [-0.1, -0.05) is 6.42 Å². The van der Waals surface area contributed by atoms with Crippen molar-refractivity contribution >= 4 is 0 Å². The molecule has 0 bridgehead atoms. The standard InChI is InChI=1S/C12H21F3N2/c1-17-6-5-11(8-17)16-10-4-2-3-9(7-10)12(13,14)15/h9-11,16H,2-8H2,1H3. The van der Waals surface area contributed by atoms with Crippen LogP contribution in [0.5, 0.6) is 0 Å². The van der Waals surface area contributed by atoms with Gasteiger partial charge in [-0.25, -0.2) is 0 Å². The third-order valence-electron chi connectivity index (χ3n) is 4.00. The summed E-state index contributed by atoms with van der Waals surface area (Å²) in [5.74, 6) is -1.09. The zero-order chi connectivity index (χ0) is 12.5. The maximum Gasteiger partial charge on any atom is 0.391 e. The van der Waals surface area contributed by atoms with Gasteiger partial charge in [0.2, 0.25) is 0 Å². The number of alkyl halides is 3. The molecule has 5 heteroatoms. The van der Waals surface area contributed by atoms with Crippen LogP contribution in [0.1, 0.15) is 32.1 Å². The number of hydrogen-bond donors (Lipinski definition) is 1. The zero-order valence-corrected chi connectivity index (χ0v) is 10.3. The minimum atomic E-state index is -4.01. The molecule has 0 radical (unpaired) electrons. The quantitative estimate of drug-likeness (QED) is 0.809. The van der Waals surface area contributed by atoms with E-state index in [9.17, 15) is 13.2 Å². The molecule has 1 saturated heterocycles. The largest absolute Gasteiger partial charge is 0.391 e. The summed E-state index contributed by atoms with van der Waals surface area (Å²) < 4.78 is 38.0. The Labute approximate surface area is 101 Å². The van der Waals surface area contributed by atoms with Gasteiger partial charge in [0.05, 0.1) is 5.92 Å². The summed E-state index contributed by atoms with van der Waals surface area (Å²) in [7, 11) is 2.06. The lowest BCUT2D eigenvalue weighted by Gasteiger charge is -2.32. The molecule has 3 atom stereocenters. The van der Waals surface area contributed by atoms with E-state index in [4.69, 9.17) is 0 Å². The van der Waals surface area contributed by atoms with Crippen molar-refractivity contribution in [1.29, 1.82) is 0 Å². The number of nitrogens with one attached hydrogen (secondary N) is 1. The summed E-state index contributed by atoms with van der Waals surface area (Å²) in [6.45, 7) is 2.01. The van der Waals surface area contributed by atoms with Crippen LogP contribution in [0.25, 0.3) is 0 Å². The second-order valence-corrected chi connectivity index (χ2v) is 5.52. The fourth-order valence-electron chi connectivity index (χ4n) is 3.04. The molecule has 1 aliphatic heterocycles. The predicted octanol–water partition coefficient (Wildman–Crippen LogP) is 2.40. The number of nitrogens with zero attached hydrogens (tertiary/aromatic N) is 1. The van der Waals surface area contributed by atoms with Gasteiger partial charge in [-0.2, -0.15) is 13.2 Å². The molecule has 17 heavy (non-hydrogen) atoms. The van der Waals surface area contributed by atoms with Gasteiger partial charge in [0.1, 0.15) is 0 Å². The number of likely N-dealkylation sites (N-methyl/N-ethyl adjacent to an activating group) is 1. The van der Waals surface area contributed by atoms with Crippen molar-refractivity contribution in [3.63, 3.8) is 0 Å². The molecule has 0 aromatic rings. The molecule has 1 heterocycles. The highest BCUT2D eigenvalue weighted by Crippen LogP contribution is 2.37. The SMILES string of the molecule is CN1CCC(NC2CCCC(C(F)(F)F)C2)C1. The topological polar surface area (TPSA) is 15.3 Å². The van der Waals surface area contributed by atoms with E-state index in [0.29, 0.717) is 18.9 Å². The fourth-order valence-corrected chi connectivity index (χ4v) is 3.04. The van der Waals surface area contributed by atoms with Crippen LogP contribution in [-0.4, -0.2) is 43.3 Å². The monoisotopic (exact) mass is 250 g/mol. The molecule has 0 spiro atoms. The summed E-state index contributed by atoms with van der Waals surface area (Å²) in [5, 5.41) is 3.41. The summed E-state index contributed by atoms with van der Waals surface area (Å²) in [4.78, 5) is 2.22. The maximum atomic E-state index is 12.7. The molecule has 2 rings (SSSR count). The Bertz CT molecular complexity index is 255. The van der Waals surface area contributed by atoms with Gasteiger partial charge in [-0.3, -0.25) is 0 Å². The van der Waals surface area contributed by atoms with Crippen LogP contribution in [0.15, 0.2) is 0 Å². The highest BCUT2D eigenvalue weighted by atomic mass is 19.4. The van der Waals surface area contributed by atoms with Crippen molar-refractivity contribution in [2.75, 3.05) is 20.1 Å². The van der Waals surface area contributed by atoms with E-state index in [0.717, 1.165) is 25.9 Å². The van der Waals surface area contributed by atoms with Gasteiger partial charge in [0.15, 0.2) is 0 Å². The molecule has 0 aromatic carbocycles. The van der Waals surface area contributed by atoms with Crippen LogP contribution in [0.3, 0.4) is 0 Å². The summed E-state index contributed by atoms with van der Waals surface area (Å²) in [6.07, 6.45) is -0.774. The Morgan fingerprint density at radius 2 is 1.88 bits per heavy atom. The minimum Gasteiger partial charge on any atom is -0.310 e. The lowest BCUT2D eigenvalue weighted by Crippen LogP contribution is -2.44. The zero-order valence-electron chi connectivity index (χ0n) is 10.3. The van der Waals surface area contributed by atoms with Crippen LogP contribution in [0.4, 0.5) is 13.2 Å². The van der Waals surface area contributed by atoms with Crippen LogP contribution >= 0.6 is 0 Å². The predicted molar refractivity (Wildman–Crippen MR) is 60.8 cm³/mol. The molecule has 2 aliphatic rings. The first kappa shape index (κ1) is 13.1. The third kappa shape index (κ3) is 3.58. The van der Waals surface area contributed by atoms with Crippen LogP contribution < -0.4 is 5.32 Å². The van der Waals surface area contributed by atoms with E-state index in [1.807, 2.05) is 0 Å². The molecule has 1 saturated carbocycles. The Morgan fingerprint density at radius 3 is 2.47 bits per heavy atom. The van der Waals surface area contributed by atoms with E-state index in [-0.39, 0.29) is 12.5 Å².